The minimum absolute atomic E-state index is 0.638. The predicted octanol–water partition coefficient (Wildman–Crippen LogP) is 1.57. The van der Waals surface area contributed by atoms with Crippen molar-refractivity contribution in [2.24, 2.45) is 0 Å². The lowest BCUT2D eigenvalue weighted by atomic mass is 10.2. The third-order valence-electron chi connectivity index (χ3n) is 2.93. The maximum atomic E-state index is 5.17. The molecule has 15 heavy (non-hydrogen) atoms. The van der Waals surface area contributed by atoms with Crippen LogP contribution in [0.15, 0.2) is 15.2 Å². The van der Waals surface area contributed by atoms with E-state index in [9.17, 15) is 0 Å². The first-order valence-corrected chi connectivity index (χ1v) is 5.94. The van der Waals surface area contributed by atoms with Crippen molar-refractivity contribution in [1.29, 1.82) is 0 Å². The van der Waals surface area contributed by atoms with Crippen LogP contribution in [0.2, 0.25) is 0 Å². The van der Waals surface area contributed by atoms with Gasteiger partial charge in [-0.05, 0) is 43.0 Å². The molecule has 1 aliphatic heterocycles. The summed E-state index contributed by atoms with van der Waals surface area (Å²) in [5.74, 6) is 0.916. The van der Waals surface area contributed by atoms with Gasteiger partial charge in [0.05, 0.1) is 6.54 Å². The van der Waals surface area contributed by atoms with Gasteiger partial charge in [0.25, 0.3) is 0 Å². The molecule has 1 aromatic rings. The van der Waals surface area contributed by atoms with Crippen molar-refractivity contribution in [3.8, 4) is 0 Å². The Bertz CT molecular complexity index is 328. The first-order valence-electron chi connectivity index (χ1n) is 5.15. The summed E-state index contributed by atoms with van der Waals surface area (Å²) in [6.45, 7) is 3.16. The molecule has 2 rings (SSSR count). The van der Waals surface area contributed by atoms with Crippen LogP contribution >= 0.6 is 15.9 Å². The van der Waals surface area contributed by atoms with E-state index in [2.05, 4.69) is 45.0 Å². The topological polar surface area (TPSA) is 32.5 Å². The number of likely N-dealkylation sites (tertiary alicyclic amines) is 1. The maximum absolute atomic E-state index is 5.17. The monoisotopic (exact) mass is 273 g/mol. The Morgan fingerprint density at radius 2 is 2.53 bits per heavy atom. The minimum atomic E-state index is 0.638. The molecule has 0 amide bonds. The van der Waals surface area contributed by atoms with Gasteiger partial charge < -0.3 is 9.42 Å². The lowest BCUT2D eigenvalue weighted by Gasteiger charge is -2.22. The molecule has 2 heterocycles. The van der Waals surface area contributed by atoms with Crippen LogP contribution in [-0.2, 0) is 6.54 Å². The quantitative estimate of drug-likeness (QED) is 0.837. The number of hydrogen-bond acceptors (Lipinski definition) is 4. The van der Waals surface area contributed by atoms with Crippen LogP contribution in [0.3, 0.4) is 0 Å². The summed E-state index contributed by atoms with van der Waals surface area (Å²) in [6, 6.07) is 2.56. The smallest absolute Gasteiger partial charge is 0.151 e. The van der Waals surface area contributed by atoms with Gasteiger partial charge in [0.15, 0.2) is 5.76 Å². The average Bonchev–Trinajstić information content (AvgIpc) is 2.75. The van der Waals surface area contributed by atoms with Gasteiger partial charge in [0, 0.05) is 18.7 Å². The zero-order chi connectivity index (χ0) is 10.8. The van der Waals surface area contributed by atoms with Gasteiger partial charge in [0.2, 0.25) is 0 Å². The van der Waals surface area contributed by atoms with Gasteiger partial charge in [-0.2, -0.15) is 0 Å². The summed E-state index contributed by atoms with van der Waals surface area (Å²) < 4.78 is 5.94. The second-order valence-electron chi connectivity index (χ2n) is 4.24. The number of halogens is 1. The van der Waals surface area contributed by atoms with E-state index >= 15 is 0 Å². The standard InChI is InChI=1S/C10H16BrN3O/c1-13-4-3-8(6-13)14(2)7-9-5-10(11)12-15-9/h5,8H,3-4,6-7H2,1-2H3. The van der Waals surface area contributed by atoms with Crippen LogP contribution in [-0.4, -0.2) is 48.2 Å². The molecule has 0 saturated carbocycles. The molecule has 84 valence electrons. The normalized spacial score (nSPS) is 22.8. The summed E-state index contributed by atoms with van der Waals surface area (Å²) >= 11 is 3.28. The minimum Gasteiger partial charge on any atom is -0.359 e. The summed E-state index contributed by atoms with van der Waals surface area (Å²) in [5, 5.41) is 3.82. The molecule has 0 aromatic carbocycles. The first-order chi connectivity index (χ1) is 7.15. The molecule has 1 aliphatic rings. The lowest BCUT2D eigenvalue weighted by Crippen LogP contribution is -2.33. The number of likely N-dealkylation sites (N-methyl/N-ethyl adjacent to an activating group) is 2. The van der Waals surface area contributed by atoms with E-state index in [1.54, 1.807) is 0 Å². The largest absolute Gasteiger partial charge is 0.359 e. The highest BCUT2D eigenvalue weighted by Gasteiger charge is 2.23. The number of hydrogen-bond donors (Lipinski definition) is 0. The van der Waals surface area contributed by atoms with Gasteiger partial charge in [-0.3, -0.25) is 4.90 Å². The molecule has 1 atom stereocenters. The van der Waals surface area contributed by atoms with Crippen LogP contribution < -0.4 is 0 Å². The highest BCUT2D eigenvalue weighted by Crippen LogP contribution is 2.17. The molecule has 4 nitrogen and oxygen atoms in total. The number of aromatic nitrogens is 1. The van der Waals surface area contributed by atoms with Gasteiger partial charge in [-0.1, -0.05) is 5.16 Å². The van der Waals surface area contributed by atoms with Crippen molar-refractivity contribution in [2.45, 2.75) is 19.0 Å². The molecule has 1 unspecified atom stereocenters. The molecule has 0 N–H and O–H groups in total. The van der Waals surface area contributed by atoms with Crippen molar-refractivity contribution >= 4 is 15.9 Å². The zero-order valence-corrected chi connectivity index (χ0v) is 10.7. The summed E-state index contributed by atoms with van der Waals surface area (Å²) in [4.78, 5) is 4.69. The van der Waals surface area contributed by atoms with Gasteiger partial charge >= 0.3 is 0 Å². The van der Waals surface area contributed by atoms with E-state index in [4.69, 9.17) is 4.52 Å². The fourth-order valence-corrected chi connectivity index (χ4v) is 2.34. The molecular weight excluding hydrogens is 258 g/mol. The second kappa shape index (κ2) is 4.63. The molecule has 0 spiro atoms. The van der Waals surface area contributed by atoms with Crippen molar-refractivity contribution in [2.75, 3.05) is 27.2 Å². The van der Waals surface area contributed by atoms with E-state index in [0.29, 0.717) is 6.04 Å². The van der Waals surface area contributed by atoms with Crippen molar-refractivity contribution in [3.05, 3.63) is 16.4 Å². The Kier molecular flexibility index (Phi) is 3.43. The molecule has 1 fully saturated rings. The van der Waals surface area contributed by atoms with Crippen LogP contribution in [0, 0.1) is 0 Å². The average molecular weight is 274 g/mol. The van der Waals surface area contributed by atoms with E-state index in [1.165, 1.54) is 13.0 Å². The third-order valence-corrected chi connectivity index (χ3v) is 3.30. The Balaban J connectivity index is 1.89. The lowest BCUT2D eigenvalue weighted by molar-refractivity contribution is 0.208. The Morgan fingerprint density at radius 3 is 3.07 bits per heavy atom. The van der Waals surface area contributed by atoms with Crippen LogP contribution in [0.5, 0.6) is 0 Å². The number of rotatable bonds is 3. The molecule has 1 aromatic heterocycles. The van der Waals surface area contributed by atoms with Crippen molar-refractivity contribution in [3.63, 3.8) is 0 Å². The summed E-state index contributed by atoms with van der Waals surface area (Å²) in [6.07, 6.45) is 1.24. The highest BCUT2D eigenvalue weighted by molar-refractivity contribution is 9.10. The predicted molar refractivity (Wildman–Crippen MR) is 61.6 cm³/mol. The van der Waals surface area contributed by atoms with E-state index < -0.39 is 0 Å². The fourth-order valence-electron chi connectivity index (χ4n) is 2.01. The van der Waals surface area contributed by atoms with Gasteiger partial charge in [-0.25, -0.2) is 0 Å². The SMILES string of the molecule is CN1CCC(N(C)Cc2cc(Br)no2)C1. The van der Waals surface area contributed by atoms with Crippen LogP contribution in [0.1, 0.15) is 12.2 Å². The Hall–Kier alpha value is -0.390. The van der Waals surface area contributed by atoms with Crippen LogP contribution in [0.25, 0.3) is 0 Å². The van der Waals surface area contributed by atoms with Crippen molar-refractivity contribution in [1.82, 2.24) is 15.0 Å². The number of nitrogens with zero attached hydrogens (tertiary/aromatic N) is 3. The van der Waals surface area contributed by atoms with E-state index in [0.717, 1.165) is 23.5 Å². The highest BCUT2D eigenvalue weighted by atomic mass is 79.9. The third kappa shape index (κ3) is 2.80. The van der Waals surface area contributed by atoms with Crippen LogP contribution in [0.4, 0.5) is 0 Å². The maximum Gasteiger partial charge on any atom is 0.151 e. The summed E-state index contributed by atoms with van der Waals surface area (Å²) in [5.41, 5.74) is 0. The molecular formula is C10H16BrN3O. The second-order valence-corrected chi connectivity index (χ2v) is 5.05. The first kappa shape index (κ1) is 11.1. The summed E-state index contributed by atoms with van der Waals surface area (Å²) in [7, 11) is 4.30. The van der Waals surface area contributed by atoms with Gasteiger partial charge in [0.1, 0.15) is 4.60 Å². The molecule has 0 bridgehead atoms. The van der Waals surface area contributed by atoms with Gasteiger partial charge in [-0.15, -0.1) is 0 Å². The molecule has 1 saturated heterocycles. The Morgan fingerprint density at radius 1 is 1.73 bits per heavy atom. The van der Waals surface area contributed by atoms with E-state index in [-0.39, 0.29) is 0 Å². The van der Waals surface area contributed by atoms with Crippen molar-refractivity contribution < 1.29 is 4.52 Å². The van der Waals surface area contributed by atoms with E-state index in [1.807, 2.05) is 6.07 Å². The fraction of sp³-hybridized carbons (Fsp3) is 0.700. The molecule has 0 radical (unpaired) electrons. The molecule has 5 heteroatoms. The molecule has 0 aliphatic carbocycles. The zero-order valence-electron chi connectivity index (χ0n) is 9.11. The Labute approximate surface area is 98.3 Å².